The Hall–Kier alpha value is 0.0239. The van der Waals surface area contributed by atoms with E-state index in [2.05, 4.69) is 11.4 Å². The first-order valence-electron chi connectivity index (χ1n) is 4.93. The van der Waals surface area contributed by atoms with Gasteiger partial charge in [-0.25, -0.2) is 0 Å². The second-order valence-corrected chi connectivity index (χ2v) is 3.83. The molecule has 1 unspecified atom stereocenters. The van der Waals surface area contributed by atoms with E-state index in [1.807, 2.05) is 13.8 Å². The first-order chi connectivity index (χ1) is 6.90. The van der Waals surface area contributed by atoms with E-state index in [1.54, 1.807) is 33.9 Å². The van der Waals surface area contributed by atoms with E-state index in [1.165, 1.54) is 4.90 Å². The predicted molar refractivity (Wildman–Crippen MR) is 59.3 cm³/mol. The molecule has 0 fully saturated rings. The summed E-state index contributed by atoms with van der Waals surface area (Å²) in [6.45, 7) is 8.78. The number of nitrogens with zero attached hydrogens (tertiary/aromatic N) is 2. The SMILES string of the molecule is C[CH-]NC([CH-]C)C(=O)N(C)C(C)(C)C#N.[Y]. The maximum absolute atomic E-state index is 11.9. The Morgan fingerprint density at radius 1 is 1.50 bits per heavy atom. The van der Waals surface area contributed by atoms with Crippen molar-refractivity contribution in [3.05, 3.63) is 13.0 Å². The molecule has 5 heteroatoms. The molecular formula is C11H19N3OY-2. The maximum atomic E-state index is 11.9. The van der Waals surface area contributed by atoms with Crippen molar-refractivity contribution in [1.29, 1.82) is 5.26 Å². The van der Waals surface area contributed by atoms with Gasteiger partial charge in [0.25, 0.3) is 0 Å². The summed E-state index contributed by atoms with van der Waals surface area (Å²) >= 11 is 0. The van der Waals surface area contributed by atoms with Gasteiger partial charge in [-0.1, -0.05) is 6.04 Å². The zero-order valence-corrected chi connectivity index (χ0v) is 13.5. The molecule has 0 aliphatic carbocycles. The minimum absolute atomic E-state index is 0. The van der Waals surface area contributed by atoms with Crippen LogP contribution in [0.1, 0.15) is 27.7 Å². The van der Waals surface area contributed by atoms with Crippen LogP contribution in [0.5, 0.6) is 0 Å². The van der Waals surface area contributed by atoms with Crippen LogP contribution >= 0.6 is 0 Å². The zero-order valence-electron chi connectivity index (χ0n) is 10.6. The smallest absolute Gasteiger partial charge is 0.207 e. The van der Waals surface area contributed by atoms with Gasteiger partial charge in [0.2, 0.25) is 5.91 Å². The third-order valence-corrected chi connectivity index (χ3v) is 2.39. The van der Waals surface area contributed by atoms with Crippen molar-refractivity contribution in [3.63, 3.8) is 0 Å². The van der Waals surface area contributed by atoms with Crippen LogP contribution in [-0.4, -0.2) is 29.4 Å². The summed E-state index contributed by atoms with van der Waals surface area (Å²) in [5, 5.41) is 11.8. The molecule has 1 amide bonds. The largest absolute Gasteiger partial charge is 0.485 e. The van der Waals surface area contributed by atoms with E-state index in [0.717, 1.165) is 0 Å². The van der Waals surface area contributed by atoms with Crippen LogP contribution in [0.2, 0.25) is 0 Å². The van der Waals surface area contributed by atoms with Crippen molar-refractivity contribution in [2.45, 2.75) is 39.3 Å². The van der Waals surface area contributed by atoms with Crippen molar-refractivity contribution in [1.82, 2.24) is 10.2 Å². The molecule has 0 aromatic rings. The summed E-state index contributed by atoms with van der Waals surface area (Å²) in [6.07, 6.45) is 1.77. The molecule has 0 aliphatic heterocycles. The monoisotopic (exact) mass is 298 g/mol. The van der Waals surface area contributed by atoms with E-state index in [-0.39, 0.29) is 44.7 Å². The van der Waals surface area contributed by atoms with E-state index in [0.29, 0.717) is 0 Å². The number of amides is 1. The summed E-state index contributed by atoms with van der Waals surface area (Å²) in [5.74, 6) is -0.109. The predicted octanol–water partition coefficient (Wildman–Crippen LogP) is 1.11. The third-order valence-electron chi connectivity index (χ3n) is 2.39. The van der Waals surface area contributed by atoms with Crippen LogP contribution in [0.25, 0.3) is 0 Å². The van der Waals surface area contributed by atoms with Gasteiger partial charge >= 0.3 is 0 Å². The minimum Gasteiger partial charge on any atom is -0.485 e. The van der Waals surface area contributed by atoms with Crippen LogP contribution in [0.15, 0.2) is 0 Å². The van der Waals surface area contributed by atoms with Crippen molar-refractivity contribution < 1.29 is 37.5 Å². The van der Waals surface area contributed by atoms with Crippen LogP contribution in [0.3, 0.4) is 0 Å². The quantitative estimate of drug-likeness (QED) is 0.774. The molecule has 0 aromatic carbocycles. The summed E-state index contributed by atoms with van der Waals surface area (Å²) < 4.78 is 0. The molecular weight excluding hydrogens is 279 g/mol. The van der Waals surface area contributed by atoms with Crippen LogP contribution < -0.4 is 5.32 Å². The number of nitriles is 1. The molecule has 0 bridgehead atoms. The molecule has 1 N–H and O–H groups in total. The van der Waals surface area contributed by atoms with E-state index >= 15 is 0 Å². The summed E-state index contributed by atoms with van der Waals surface area (Å²) in [4.78, 5) is 13.4. The van der Waals surface area contributed by atoms with Crippen LogP contribution in [0, 0.1) is 24.3 Å². The van der Waals surface area contributed by atoms with Gasteiger partial charge < -0.3 is 16.6 Å². The van der Waals surface area contributed by atoms with Gasteiger partial charge in [-0.15, -0.1) is 0 Å². The Kier molecular flexibility index (Phi) is 9.38. The molecule has 0 aliphatic rings. The Balaban J connectivity index is 0. The Labute approximate surface area is 124 Å². The van der Waals surface area contributed by atoms with Gasteiger partial charge in [0.05, 0.1) is 6.07 Å². The Bertz CT molecular complexity index is 260. The van der Waals surface area contributed by atoms with Gasteiger partial charge in [0.15, 0.2) is 0 Å². The number of nitrogens with one attached hydrogen (secondary N) is 1. The number of hydrogen-bond acceptors (Lipinski definition) is 3. The molecule has 4 nitrogen and oxygen atoms in total. The Morgan fingerprint density at radius 3 is 2.31 bits per heavy atom. The van der Waals surface area contributed by atoms with Gasteiger partial charge in [-0.05, 0) is 13.8 Å². The average molecular weight is 298 g/mol. The molecule has 0 aromatic heterocycles. The number of rotatable bonds is 5. The summed E-state index contributed by atoms with van der Waals surface area (Å²) in [5.41, 5.74) is -0.784. The molecule has 0 rings (SSSR count). The second kappa shape index (κ2) is 8.16. The topological polar surface area (TPSA) is 56.1 Å². The summed E-state index contributed by atoms with van der Waals surface area (Å²) in [6, 6.07) is 1.73. The van der Waals surface area contributed by atoms with Gasteiger partial charge in [-0.2, -0.15) is 19.1 Å². The molecule has 0 saturated carbocycles. The average Bonchev–Trinajstić information content (AvgIpc) is 2.23. The molecule has 1 atom stereocenters. The van der Waals surface area contributed by atoms with E-state index in [4.69, 9.17) is 5.26 Å². The third kappa shape index (κ3) is 4.90. The molecule has 0 saturated heterocycles. The standard InChI is InChI=1S/C11H19N3O.Y/c1-6-9(13-7-2)10(15)14(5)11(3,4)8-12;/h6-7,9,13H,1-5H3;/q-2;. The van der Waals surface area contributed by atoms with E-state index in [9.17, 15) is 4.79 Å². The fourth-order valence-corrected chi connectivity index (χ4v) is 1.05. The molecule has 89 valence electrons. The molecule has 0 spiro atoms. The number of hydrogen-bond donors (Lipinski definition) is 1. The van der Waals surface area contributed by atoms with Crippen LogP contribution in [-0.2, 0) is 37.5 Å². The van der Waals surface area contributed by atoms with Gasteiger partial charge in [-0.3, -0.25) is 11.3 Å². The fraction of sp³-hybridized carbons (Fsp3) is 0.636. The fourth-order valence-electron chi connectivity index (χ4n) is 1.05. The van der Waals surface area contributed by atoms with Crippen molar-refractivity contribution >= 4 is 5.91 Å². The number of carbonyl (C=O) groups is 1. The minimum atomic E-state index is -0.784. The van der Waals surface area contributed by atoms with Gasteiger partial charge in [0.1, 0.15) is 5.54 Å². The molecule has 1 radical (unpaired) electrons. The zero-order chi connectivity index (χ0) is 12.1. The Morgan fingerprint density at radius 2 is 2.00 bits per heavy atom. The first kappa shape index (κ1) is 18.4. The maximum Gasteiger partial charge on any atom is 0.207 e. The summed E-state index contributed by atoms with van der Waals surface area (Å²) in [7, 11) is 1.64. The van der Waals surface area contributed by atoms with Crippen molar-refractivity contribution in [2.75, 3.05) is 7.05 Å². The van der Waals surface area contributed by atoms with Crippen molar-refractivity contribution in [2.24, 2.45) is 0 Å². The van der Waals surface area contributed by atoms with Crippen molar-refractivity contribution in [3.8, 4) is 6.07 Å². The van der Waals surface area contributed by atoms with Gasteiger partial charge in [0, 0.05) is 39.8 Å². The van der Waals surface area contributed by atoms with Crippen LogP contribution in [0.4, 0.5) is 0 Å². The number of carbonyl (C=O) groups excluding carboxylic acids is 1. The second-order valence-electron chi connectivity index (χ2n) is 3.83. The molecule has 16 heavy (non-hydrogen) atoms. The molecule has 0 heterocycles. The number of likely N-dealkylation sites (N-methyl/N-ethyl adjacent to an activating group) is 1. The first-order valence-corrected chi connectivity index (χ1v) is 4.93. The van der Waals surface area contributed by atoms with E-state index < -0.39 is 5.54 Å². The normalized spacial score (nSPS) is 12.2.